The smallest absolute Gasteiger partial charge is 0.227 e. The van der Waals surface area contributed by atoms with E-state index in [0.717, 1.165) is 29.8 Å². The number of rotatable bonds is 11. The second-order valence-corrected chi connectivity index (χ2v) is 9.70. The molecule has 1 heterocycles. The van der Waals surface area contributed by atoms with Gasteiger partial charge in [0, 0.05) is 26.2 Å². The van der Waals surface area contributed by atoms with E-state index in [9.17, 15) is 8.42 Å². The minimum absolute atomic E-state index is 0.127. The molecule has 3 rings (SSSR count). The van der Waals surface area contributed by atoms with Crippen LogP contribution in [0.25, 0.3) is 0 Å². The second-order valence-electron chi connectivity index (χ2n) is 7.77. The highest BCUT2D eigenvalue weighted by Crippen LogP contribution is 2.32. The number of sulfone groups is 1. The molecule has 1 aliphatic carbocycles. The predicted molar refractivity (Wildman–Crippen MR) is 112 cm³/mol. The van der Waals surface area contributed by atoms with Crippen molar-refractivity contribution in [2.75, 3.05) is 33.6 Å². The van der Waals surface area contributed by atoms with Crippen LogP contribution in [0.5, 0.6) is 5.75 Å². The Kier molecular flexibility index (Phi) is 6.97. The van der Waals surface area contributed by atoms with Gasteiger partial charge in [-0.25, -0.2) is 13.4 Å². The molecule has 0 bridgehead atoms. The van der Waals surface area contributed by atoms with Crippen molar-refractivity contribution in [3.8, 4) is 5.75 Å². The number of aromatic nitrogens is 2. The first kappa shape index (κ1) is 21.8. The van der Waals surface area contributed by atoms with E-state index in [4.69, 9.17) is 9.47 Å². The van der Waals surface area contributed by atoms with Crippen molar-refractivity contribution in [2.24, 2.45) is 5.92 Å². The molecular formula is C21H31N3O4S. The summed E-state index contributed by atoms with van der Waals surface area (Å²) in [5.41, 5.74) is 2.00. The molecule has 1 aromatic carbocycles. The van der Waals surface area contributed by atoms with Gasteiger partial charge in [0.15, 0.2) is 0 Å². The molecule has 0 amide bonds. The van der Waals surface area contributed by atoms with Gasteiger partial charge in [-0.15, -0.1) is 0 Å². The van der Waals surface area contributed by atoms with Gasteiger partial charge in [-0.1, -0.05) is 12.1 Å². The Bertz CT molecular complexity index is 922. The summed E-state index contributed by atoms with van der Waals surface area (Å²) < 4.78 is 38.0. The molecule has 2 aromatic rings. The zero-order chi connectivity index (χ0) is 21.0. The topological polar surface area (TPSA) is 73.7 Å². The van der Waals surface area contributed by atoms with Crippen molar-refractivity contribution in [1.29, 1.82) is 0 Å². The van der Waals surface area contributed by atoms with E-state index >= 15 is 0 Å². The number of ether oxygens (including phenoxy) is 2. The van der Waals surface area contributed by atoms with Crippen LogP contribution in [-0.4, -0.2) is 56.5 Å². The highest BCUT2D eigenvalue weighted by atomic mass is 32.2. The quantitative estimate of drug-likeness (QED) is 0.555. The summed E-state index contributed by atoms with van der Waals surface area (Å²) >= 11 is 0. The number of methoxy groups -OCH3 is 2. The third-order valence-electron chi connectivity index (χ3n) is 5.50. The Labute approximate surface area is 173 Å². The molecule has 0 unspecified atom stereocenters. The highest BCUT2D eigenvalue weighted by molar-refractivity contribution is 7.91. The van der Waals surface area contributed by atoms with Crippen LogP contribution >= 0.6 is 0 Å². The maximum absolute atomic E-state index is 12.8. The van der Waals surface area contributed by atoms with Crippen LogP contribution in [0.15, 0.2) is 35.6 Å². The number of nitrogens with zero attached hydrogens (tertiary/aromatic N) is 3. The lowest BCUT2D eigenvalue weighted by atomic mass is 10.1. The summed E-state index contributed by atoms with van der Waals surface area (Å²) in [4.78, 5) is 6.48. The fraction of sp³-hybridized carbons (Fsp3) is 0.571. The number of hydrogen-bond acceptors (Lipinski definition) is 6. The largest absolute Gasteiger partial charge is 0.497 e. The van der Waals surface area contributed by atoms with Crippen molar-refractivity contribution in [2.45, 2.75) is 44.1 Å². The van der Waals surface area contributed by atoms with E-state index < -0.39 is 9.84 Å². The van der Waals surface area contributed by atoms with Gasteiger partial charge in [-0.3, -0.25) is 4.90 Å². The summed E-state index contributed by atoms with van der Waals surface area (Å²) in [7, 11) is 1.91. The Morgan fingerprint density at radius 3 is 2.72 bits per heavy atom. The molecule has 1 fully saturated rings. The van der Waals surface area contributed by atoms with Crippen LogP contribution < -0.4 is 4.74 Å². The zero-order valence-electron chi connectivity index (χ0n) is 17.7. The molecule has 29 heavy (non-hydrogen) atoms. The Balaban J connectivity index is 1.81. The van der Waals surface area contributed by atoms with E-state index in [1.54, 1.807) is 25.0 Å². The van der Waals surface area contributed by atoms with Gasteiger partial charge in [-0.2, -0.15) is 0 Å². The molecule has 7 nitrogen and oxygen atoms in total. The molecule has 0 saturated heterocycles. The molecular weight excluding hydrogens is 390 g/mol. The first-order chi connectivity index (χ1) is 13.9. The lowest BCUT2D eigenvalue weighted by Gasteiger charge is -2.26. The van der Waals surface area contributed by atoms with E-state index in [2.05, 4.69) is 22.9 Å². The van der Waals surface area contributed by atoms with Crippen LogP contribution in [-0.2, 0) is 27.7 Å². The van der Waals surface area contributed by atoms with Crippen molar-refractivity contribution < 1.29 is 17.9 Å². The lowest BCUT2D eigenvalue weighted by molar-refractivity contribution is 0.180. The van der Waals surface area contributed by atoms with E-state index in [1.807, 2.05) is 25.2 Å². The minimum Gasteiger partial charge on any atom is -0.497 e. The van der Waals surface area contributed by atoms with Crippen LogP contribution in [0.1, 0.15) is 37.1 Å². The summed E-state index contributed by atoms with van der Waals surface area (Å²) in [6.07, 6.45) is 3.67. The molecule has 0 aliphatic heterocycles. The molecule has 0 N–H and O–H groups in total. The van der Waals surface area contributed by atoms with E-state index in [0.29, 0.717) is 19.7 Å². The van der Waals surface area contributed by atoms with Crippen molar-refractivity contribution >= 4 is 9.84 Å². The van der Waals surface area contributed by atoms with Gasteiger partial charge < -0.3 is 14.0 Å². The fourth-order valence-electron chi connectivity index (χ4n) is 3.41. The SMILES string of the molecule is COCCn1c(CN(C)[C@H](C)c2cccc(OC)c2)cnc1S(=O)(=O)CC1CC1. The third kappa shape index (κ3) is 5.38. The Hall–Kier alpha value is -1.90. The molecule has 160 valence electrons. The molecule has 0 spiro atoms. The van der Waals surface area contributed by atoms with Gasteiger partial charge >= 0.3 is 0 Å². The molecule has 8 heteroatoms. The van der Waals surface area contributed by atoms with E-state index in [1.165, 1.54) is 0 Å². The number of imidazole rings is 1. The van der Waals surface area contributed by atoms with Gasteiger partial charge in [-0.05, 0) is 50.4 Å². The maximum Gasteiger partial charge on any atom is 0.227 e. The minimum atomic E-state index is -3.39. The molecule has 1 atom stereocenters. The molecule has 1 saturated carbocycles. The summed E-state index contributed by atoms with van der Waals surface area (Å²) in [6, 6.07) is 8.12. The number of hydrogen-bond donors (Lipinski definition) is 0. The average Bonchev–Trinajstić information content (AvgIpc) is 3.42. The number of benzene rings is 1. The monoisotopic (exact) mass is 421 g/mol. The lowest BCUT2D eigenvalue weighted by Crippen LogP contribution is -2.25. The molecule has 0 radical (unpaired) electrons. The van der Waals surface area contributed by atoms with Crippen LogP contribution in [0.4, 0.5) is 0 Å². The fourth-order valence-corrected chi connectivity index (χ4v) is 5.27. The normalized spacial score (nSPS) is 15.6. The molecule has 1 aromatic heterocycles. The Morgan fingerprint density at radius 2 is 2.07 bits per heavy atom. The van der Waals surface area contributed by atoms with Gasteiger partial charge in [0.05, 0.1) is 31.4 Å². The highest BCUT2D eigenvalue weighted by Gasteiger charge is 2.32. The van der Waals surface area contributed by atoms with Crippen LogP contribution in [0.2, 0.25) is 0 Å². The summed E-state index contributed by atoms with van der Waals surface area (Å²) in [6.45, 7) is 3.60. The zero-order valence-corrected chi connectivity index (χ0v) is 18.5. The van der Waals surface area contributed by atoms with E-state index in [-0.39, 0.29) is 22.9 Å². The van der Waals surface area contributed by atoms with Gasteiger partial charge in [0.1, 0.15) is 5.75 Å². The van der Waals surface area contributed by atoms with Gasteiger partial charge in [0.2, 0.25) is 15.0 Å². The molecule has 1 aliphatic rings. The second kappa shape index (κ2) is 9.28. The summed E-state index contributed by atoms with van der Waals surface area (Å²) in [5, 5.41) is 0.166. The third-order valence-corrected chi connectivity index (χ3v) is 7.29. The Morgan fingerprint density at radius 1 is 1.31 bits per heavy atom. The van der Waals surface area contributed by atoms with Crippen LogP contribution in [0.3, 0.4) is 0 Å². The van der Waals surface area contributed by atoms with Gasteiger partial charge in [0.25, 0.3) is 0 Å². The van der Waals surface area contributed by atoms with Crippen molar-refractivity contribution in [1.82, 2.24) is 14.5 Å². The van der Waals surface area contributed by atoms with Crippen molar-refractivity contribution in [3.63, 3.8) is 0 Å². The standard InChI is InChI=1S/C21H31N3O4S/c1-16(18-6-5-7-20(12-18)28-4)23(2)14-19-13-22-21(24(19)10-11-27-3)29(25,26)15-17-8-9-17/h5-7,12-13,16-17H,8-11,14-15H2,1-4H3/t16-/m1/s1. The first-order valence-corrected chi connectivity index (χ1v) is 11.6. The predicted octanol–water partition coefficient (Wildman–Crippen LogP) is 2.91. The maximum atomic E-state index is 12.8. The first-order valence-electron chi connectivity index (χ1n) is 9.96. The summed E-state index contributed by atoms with van der Waals surface area (Å²) in [5.74, 6) is 1.29. The average molecular weight is 422 g/mol. The van der Waals surface area contributed by atoms with Crippen molar-refractivity contribution in [3.05, 3.63) is 41.7 Å². The van der Waals surface area contributed by atoms with Crippen LogP contribution in [0, 0.1) is 5.92 Å².